The average Bonchev–Trinajstić information content (AvgIpc) is 3.23. The molecule has 0 radical (unpaired) electrons. The molecule has 1 amide bonds. The third-order valence-electron chi connectivity index (χ3n) is 6.70. The number of amides is 1. The number of rotatable bonds is 4. The molecule has 1 aliphatic carbocycles. The Kier molecular flexibility index (Phi) is 4.09. The van der Waals surface area contributed by atoms with Crippen molar-refractivity contribution in [3.8, 4) is 11.4 Å². The molecule has 2 fully saturated rings. The fraction of sp³-hybridized carbons (Fsp3) is 0.524. The highest BCUT2D eigenvalue weighted by Gasteiger charge is 2.52. The molecule has 3 aliphatic rings. The Balaban J connectivity index is 1.63. The molecule has 1 atom stereocenters. The molecule has 1 saturated heterocycles. The van der Waals surface area contributed by atoms with E-state index in [1.54, 1.807) is 6.20 Å². The summed E-state index contributed by atoms with van der Waals surface area (Å²) >= 11 is 0. The molecule has 1 saturated carbocycles. The fourth-order valence-electron chi connectivity index (χ4n) is 4.83. The van der Waals surface area contributed by atoms with Gasteiger partial charge in [-0.2, -0.15) is 10.2 Å². The summed E-state index contributed by atoms with van der Waals surface area (Å²) in [6.45, 7) is 4.53. The summed E-state index contributed by atoms with van der Waals surface area (Å²) in [6.07, 6.45) is 3.62. The Morgan fingerprint density at radius 1 is 1.35 bits per heavy atom. The summed E-state index contributed by atoms with van der Waals surface area (Å²) < 4.78 is 7.50. The first-order valence-corrected chi connectivity index (χ1v) is 10.8. The maximum Gasteiger partial charge on any atom is 0.229 e. The molecule has 0 spiro atoms. The van der Waals surface area contributed by atoms with Crippen LogP contribution in [0.3, 0.4) is 0 Å². The van der Waals surface area contributed by atoms with E-state index in [9.17, 15) is 9.90 Å². The lowest BCUT2D eigenvalue weighted by atomic mass is 10.1. The van der Waals surface area contributed by atoms with Crippen molar-refractivity contribution in [2.45, 2.75) is 44.3 Å². The zero-order chi connectivity index (χ0) is 21.2. The Labute approximate surface area is 178 Å². The van der Waals surface area contributed by atoms with Crippen molar-refractivity contribution < 1.29 is 14.6 Å². The lowest BCUT2D eigenvalue weighted by Crippen LogP contribution is -2.46. The number of carbonyl (C=O) groups excluding carboxylic acids is 1. The Hall–Kier alpha value is -2.98. The Bertz CT molecular complexity index is 1150. The average molecular weight is 423 g/mol. The number of aromatic nitrogens is 5. The number of aliphatic hydroxyl groups is 1. The van der Waals surface area contributed by atoms with Gasteiger partial charge >= 0.3 is 0 Å². The van der Waals surface area contributed by atoms with Crippen molar-refractivity contribution >= 4 is 28.4 Å². The van der Waals surface area contributed by atoms with E-state index >= 15 is 0 Å². The molecular weight excluding hydrogens is 398 g/mol. The van der Waals surface area contributed by atoms with E-state index in [1.165, 1.54) is 0 Å². The van der Waals surface area contributed by atoms with Crippen LogP contribution >= 0.6 is 0 Å². The van der Waals surface area contributed by atoms with Crippen molar-refractivity contribution in [1.82, 2.24) is 25.0 Å². The maximum absolute atomic E-state index is 13.2. The minimum Gasteiger partial charge on any atom is -0.394 e. The van der Waals surface area contributed by atoms with Crippen LogP contribution in [-0.2, 0) is 16.1 Å². The molecule has 2 N–H and O–H groups in total. The smallest absolute Gasteiger partial charge is 0.229 e. The number of morpholine rings is 1. The highest BCUT2D eigenvalue weighted by Crippen LogP contribution is 2.48. The minimum atomic E-state index is -0.521. The molecule has 10 nitrogen and oxygen atoms in total. The highest BCUT2D eigenvalue weighted by molar-refractivity contribution is 6.07. The molecule has 31 heavy (non-hydrogen) atoms. The molecule has 6 rings (SSSR count). The van der Waals surface area contributed by atoms with Crippen molar-refractivity contribution in [3.05, 3.63) is 18.3 Å². The molecule has 3 aromatic rings. The molecule has 0 bridgehead atoms. The molecule has 5 heterocycles. The molecule has 0 unspecified atom stereocenters. The van der Waals surface area contributed by atoms with Gasteiger partial charge in [-0.3, -0.25) is 14.6 Å². The standard InChI is InChI=1S/C21H25N7O3/c1-13-11-31-9-8-26(13)16-10-15-20-19(23-16)18(14-2-6-22-24-14)25-27(20)7-3-17(30)28(15)21(12-29)4-5-21/h2,6,10,13,29H,3-5,7-9,11-12H2,1H3,(H,22,24)/t13-/m1/s1. The van der Waals surface area contributed by atoms with Crippen LogP contribution < -0.4 is 9.80 Å². The second kappa shape index (κ2) is 6.76. The number of H-pyrrole nitrogens is 1. The van der Waals surface area contributed by atoms with E-state index in [1.807, 2.05) is 21.7 Å². The Morgan fingerprint density at radius 2 is 2.23 bits per heavy atom. The van der Waals surface area contributed by atoms with Crippen LogP contribution in [0.5, 0.6) is 0 Å². The molecule has 10 heteroatoms. The summed E-state index contributed by atoms with van der Waals surface area (Å²) in [5.41, 5.74) is 3.35. The summed E-state index contributed by atoms with van der Waals surface area (Å²) in [5, 5.41) is 22.1. The second-order valence-corrected chi connectivity index (χ2v) is 8.72. The van der Waals surface area contributed by atoms with Gasteiger partial charge in [0.25, 0.3) is 0 Å². The number of hydrogen-bond acceptors (Lipinski definition) is 7. The first kappa shape index (κ1) is 18.8. The van der Waals surface area contributed by atoms with Crippen LogP contribution in [0, 0.1) is 0 Å². The van der Waals surface area contributed by atoms with Crippen LogP contribution in [0.15, 0.2) is 18.3 Å². The molecule has 162 valence electrons. The summed E-state index contributed by atoms with van der Waals surface area (Å²) in [6, 6.07) is 4.04. The highest BCUT2D eigenvalue weighted by atomic mass is 16.5. The number of nitrogens with zero attached hydrogens (tertiary/aromatic N) is 6. The number of hydrogen-bond donors (Lipinski definition) is 2. The van der Waals surface area contributed by atoms with Gasteiger partial charge in [0.15, 0.2) is 0 Å². The first-order chi connectivity index (χ1) is 15.1. The molecular formula is C21H25N7O3. The number of aliphatic hydroxyl groups excluding tert-OH is 1. The number of aryl methyl sites for hydroxylation is 1. The van der Waals surface area contributed by atoms with Crippen molar-refractivity contribution in [2.24, 2.45) is 0 Å². The summed E-state index contributed by atoms with van der Waals surface area (Å²) in [7, 11) is 0. The predicted molar refractivity (Wildman–Crippen MR) is 114 cm³/mol. The summed E-state index contributed by atoms with van der Waals surface area (Å²) in [5.74, 6) is 0.820. The van der Waals surface area contributed by atoms with E-state index < -0.39 is 5.54 Å². The van der Waals surface area contributed by atoms with Gasteiger partial charge in [-0.1, -0.05) is 0 Å². The van der Waals surface area contributed by atoms with Crippen molar-refractivity contribution in [2.75, 3.05) is 36.2 Å². The summed E-state index contributed by atoms with van der Waals surface area (Å²) in [4.78, 5) is 22.3. The van der Waals surface area contributed by atoms with E-state index in [0.29, 0.717) is 26.2 Å². The zero-order valence-electron chi connectivity index (χ0n) is 17.4. The number of nitrogens with one attached hydrogen (secondary N) is 1. The quantitative estimate of drug-likeness (QED) is 0.651. The maximum atomic E-state index is 13.2. The van der Waals surface area contributed by atoms with Gasteiger partial charge in [0.05, 0.1) is 49.3 Å². The Morgan fingerprint density at radius 3 is 2.94 bits per heavy atom. The number of aromatic amines is 1. The van der Waals surface area contributed by atoms with Gasteiger partial charge in [-0.15, -0.1) is 0 Å². The number of anilines is 2. The lowest BCUT2D eigenvalue weighted by molar-refractivity contribution is -0.119. The molecule has 0 aromatic carbocycles. The largest absolute Gasteiger partial charge is 0.394 e. The number of ether oxygens (including phenoxy) is 1. The van der Waals surface area contributed by atoms with E-state index in [0.717, 1.165) is 53.3 Å². The third kappa shape index (κ3) is 2.78. The van der Waals surface area contributed by atoms with Gasteiger partial charge in [-0.05, 0) is 25.8 Å². The van der Waals surface area contributed by atoms with E-state index in [4.69, 9.17) is 14.8 Å². The van der Waals surface area contributed by atoms with Gasteiger partial charge in [0, 0.05) is 25.2 Å². The van der Waals surface area contributed by atoms with Crippen LogP contribution in [0.2, 0.25) is 0 Å². The van der Waals surface area contributed by atoms with Gasteiger partial charge < -0.3 is 19.6 Å². The van der Waals surface area contributed by atoms with Crippen LogP contribution in [-0.4, -0.2) is 73.9 Å². The first-order valence-electron chi connectivity index (χ1n) is 10.8. The zero-order valence-corrected chi connectivity index (χ0v) is 17.4. The molecule has 3 aromatic heterocycles. The van der Waals surface area contributed by atoms with Gasteiger partial charge in [0.1, 0.15) is 22.5 Å². The second-order valence-electron chi connectivity index (χ2n) is 8.72. The number of carbonyl (C=O) groups is 1. The van der Waals surface area contributed by atoms with E-state index in [-0.39, 0.29) is 18.6 Å². The predicted octanol–water partition coefficient (Wildman–Crippen LogP) is 1.31. The normalized spacial score (nSPS) is 22.8. The monoisotopic (exact) mass is 423 g/mol. The van der Waals surface area contributed by atoms with Gasteiger partial charge in [-0.25, -0.2) is 4.98 Å². The van der Waals surface area contributed by atoms with Gasteiger partial charge in [0.2, 0.25) is 5.91 Å². The minimum absolute atomic E-state index is 0.0219. The van der Waals surface area contributed by atoms with Crippen LogP contribution in [0.4, 0.5) is 11.5 Å². The molecule has 2 aliphatic heterocycles. The van der Waals surface area contributed by atoms with Crippen molar-refractivity contribution in [1.29, 1.82) is 0 Å². The lowest BCUT2D eigenvalue weighted by Gasteiger charge is -2.36. The van der Waals surface area contributed by atoms with Crippen molar-refractivity contribution in [3.63, 3.8) is 0 Å². The van der Waals surface area contributed by atoms with Crippen LogP contribution in [0.1, 0.15) is 26.2 Å². The SMILES string of the molecule is C[C@@H]1COCCN1c1cc2c3c(n1)c(-c1ccn[nH]1)nn3CCC(=O)N2C1(CO)CC1. The number of pyridine rings is 1. The third-order valence-corrected chi connectivity index (χ3v) is 6.70. The topological polar surface area (TPSA) is 112 Å². The van der Waals surface area contributed by atoms with Crippen LogP contribution in [0.25, 0.3) is 22.4 Å². The fourth-order valence-corrected chi connectivity index (χ4v) is 4.83. The van der Waals surface area contributed by atoms with E-state index in [2.05, 4.69) is 22.0 Å².